The molecule has 0 radical (unpaired) electrons. The van der Waals surface area contributed by atoms with E-state index < -0.39 is 12.1 Å². The number of rotatable bonds is 4. The summed E-state index contributed by atoms with van der Waals surface area (Å²) in [5.41, 5.74) is 2.99. The zero-order valence-corrected chi connectivity index (χ0v) is 19.2. The highest BCUT2D eigenvalue weighted by atomic mass is 19.4. The van der Waals surface area contributed by atoms with Crippen molar-refractivity contribution in [3.63, 3.8) is 0 Å². The van der Waals surface area contributed by atoms with Crippen molar-refractivity contribution in [2.75, 3.05) is 6.54 Å². The van der Waals surface area contributed by atoms with Crippen LogP contribution in [0.15, 0.2) is 53.1 Å². The summed E-state index contributed by atoms with van der Waals surface area (Å²) >= 11 is 0. The van der Waals surface area contributed by atoms with Gasteiger partial charge in [-0.25, -0.2) is 0 Å². The molecule has 1 saturated carbocycles. The van der Waals surface area contributed by atoms with E-state index in [1.807, 2.05) is 11.0 Å². The minimum Gasteiger partial charge on any atom is -0.330 e. The lowest BCUT2D eigenvalue weighted by Crippen LogP contribution is -2.48. The van der Waals surface area contributed by atoms with Crippen LogP contribution in [0.1, 0.15) is 59.6 Å². The molecule has 2 aliphatic heterocycles. The first kappa shape index (κ1) is 22.3. The molecule has 2 fully saturated rings. The maximum atomic E-state index is 13.5. The Morgan fingerprint density at radius 1 is 1.09 bits per heavy atom. The van der Waals surface area contributed by atoms with Crippen LogP contribution in [0, 0.1) is 5.92 Å². The Morgan fingerprint density at radius 3 is 2.63 bits per heavy atom. The van der Waals surface area contributed by atoms with Crippen LogP contribution in [0.4, 0.5) is 13.2 Å². The van der Waals surface area contributed by atoms with Gasteiger partial charge in [-0.05, 0) is 55.8 Å². The molecule has 4 atom stereocenters. The molecular weight excluding hydrogens is 457 g/mol. The highest BCUT2D eigenvalue weighted by molar-refractivity contribution is 5.99. The van der Waals surface area contributed by atoms with E-state index in [1.165, 1.54) is 5.56 Å². The number of amides is 1. The van der Waals surface area contributed by atoms with Crippen LogP contribution in [0.25, 0.3) is 11.4 Å². The normalized spacial score (nSPS) is 25.2. The molecule has 6 rings (SSSR count). The summed E-state index contributed by atoms with van der Waals surface area (Å²) in [6.07, 6.45) is -1.52. The van der Waals surface area contributed by atoms with Crippen molar-refractivity contribution >= 4 is 5.91 Å². The van der Waals surface area contributed by atoms with E-state index in [0.29, 0.717) is 29.6 Å². The molecule has 0 spiro atoms. The lowest BCUT2D eigenvalue weighted by atomic mass is 10.00. The van der Waals surface area contributed by atoms with Crippen molar-refractivity contribution in [2.24, 2.45) is 5.92 Å². The molecule has 0 unspecified atom stereocenters. The third-order valence-corrected chi connectivity index (χ3v) is 7.90. The summed E-state index contributed by atoms with van der Waals surface area (Å²) in [6, 6.07) is 16.2. The SMILES string of the molecule is C[C@H](c1ccccc1)N1CC[C@H]2CC[C@H](N3Cc4ccc(-c5noc(C(F)(F)F)n5)cc4C3=O)[C@H]21. The molecule has 182 valence electrons. The summed E-state index contributed by atoms with van der Waals surface area (Å²) in [5, 5.41) is 3.46. The first-order valence-corrected chi connectivity index (χ1v) is 12.0. The molecule has 1 saturated heterocycles. The van der Waals surface area contributed by atoms with Gasteiger partial charge in [0, 0.05) is 35.8 Å². The Balaban J connectivity index is 1.25. The van der Waals surface area contributed by atoms with Gasteiger partial charge in [-0.2, -0.15) is 18.2 Å². The number of hydrogen-bond donors (Lipinski definition) is 0. The van der Waals surface area contributed by atoms with Gasteiger partial charge in [0.05, 0.1) is 0 Å². The maximum absolute atomic E-state index is 13.5. The van der Waals surface area contributed by atoms with E-state index in [0.717, 1.165) is 31.4 Å². The second-order valence-electron chi connectivity index (χ2n) is 9.73. The summed E-state index contributed by atoms with van der Waals surface area (Å²) in [4.78, 5) is 21.5. The van der Waals surface area contributed by atoms with Crippen LogP contribution in [-0.4, -0.2) is 44.5 Å². The Bertz CT molecular complexity index is 1260. The molecule has 6 nitrogen and oxygen atoms in total. The fourth-order valence-corrected chi connectivity index (χ4v) is 6.21. The number of halogens is 3. The van der Waals surface area contributed by atoms with E-state index in [-0.39, 0.29) is 23.8 Å². The number of likely N-dealkylation sites (tertiary alicyclic amines) is 1. The van der Waals surface area contributed by atoms with E-state index in [2.05, 4.69) is 50.8 Å². The predicted molar refractivity (Wildman–Crippen MR) is 121 cm³/mol. The lowest BCUT2D eigenvalue weighted by molar-refractivity contribution is -0.159. The quantitative estimate of drug-likeness (QED) is 0.503. The summed E-state index contributed by atoms with van der Waals surface area (Å²) in [5.74, 6) is -1.08. The topological polar surface area (TPSA) is 62.5 Å². The molecule has 9 heteroatoms. The summed E-state index contributed by atoms with van der Waals surface area (Å²) < 4.78 is 43.0. The smallest absolute Gasteiger partial charge is 0.330 e. The molecule has 3 aliphatic rings. The Hall–Kier alpha value is -3.20. The van der Waals surface area contributed by atoms with Crippen molar-refractivity contribution in [1.29, 1.82) is 0 Å². The van der Waals surface area contributed by atoms with E-state index in [9.17, 15) is 18.0 Å². The summed E-state index contributed by atoms with van der Waals surface area (Å²) in [7, 11) is 0. The van der Waals surface area contributed by atoms with Gasteiger partial charge in [-0.15, -0.1) is 0 Å². The molecule has 0 N–H and O–H groups in total. The second kappa shape index (κ2) is 8.19. The van der Waals surface area contributed by atoms with Crippen LogP contribution in [0.2, 0.25) is 0 Å². The monoisotopic (exact) mass is 482 g/mol. The number of carbonyl (C=O) groups excluding carboxylic acids is 1. The first-order chi connectivity index (χ1) is 16.8. The van der Waals surface area contributed by atoms with Gasteiger partial charge in [0.1, 0.15) is 0 Å². The van der Waals surface area contributed by atoms with Crippen LogP contribution < -0.4 is 0 Å². The average molecular weight is 483 g/mol. The van der Waals surface area contributed by atoms with Crippen LogP contribution in [-0.2, 0) is 12.7 Å². The van der Waals surface area contributed by atoms with Gasteiger partial charge < -0.3 is 9.42 Å². The van der Waals surface area contributed by atoms with Gasteiger partial charge in [-0.1, -0.05) is 47.6 Å². The Labute approximate surface area is 200 Å². The largest absolute Gasteiger partial charge is 0.471 e. The van der Waals surface area contributed by atoms with E-state index in [4.69, 9.17) is 0 Å². The number of hydrogen-bond acceptors (Lipinski definition) is 5. The maximum Gasteiger partial charge on any atom is 0.471 e. The van der Waals surface area contributed by atoms with E-state index >= 15 is 0 Å². The van der Waals surface area contributed by atoms with Gasteiger partial charge in [-0.3, -0.25) is 9.69 Å². The van der Waals surface area contributed by atoms with Gasteiger partial charge in [0.25, 0.3) is 5.91 Å². The number of alkyl halides is 3. The van der Waals surface area contributed by atoms with Crippen molar-refractivity contribution in [2.45, 2.75) is 57.0 Å². The van der Waals surface area contributed by atoms with Crippen LogP contribution in [0.3, 0.4) is 0 Å². The molecule has 1 aliphatic carbocycles. The summed E-state index contributed by atoms with van der Waals surface area (Å²) in [6.45, 7) is 3.76. The van der Waals surface area contributed by atoms with Gasteiger partial charge in [0.15, 0.2) is 0 Å². The standard InChI is InChI=1S/C26H25F3N4O2/c1-15(16-5-3-2-4-6-16)32-12-11-17-9-10-21(22(17)32)33-14-19-8-7-18(13-20(19)24(33)34)23-30-25(35-31-23)26(27,28)29/h2-8,13,15,17,21-22H,9-12,14H2,1H3/t15-,17-,21+,22+/m1/s1. The molecule has 1 aromatic heterocycles. The molecule has 0 bridgehead atoms. The fraction of sp³-hybridized carbons (Fsp3) is 0.423. The van der Waals surface area contributed by atoms with Crippen LogP contribution in [0.5, 0.6) is 0 Å². The first-order valence-electron chi connectivity index (χ1n) is 12.0. The molecule has 3 aromatic rings. The van der Waals surface area contributed by atoms with E-state index in [1.54, 1.807) is 18.2 Å². The van der Waals surface area contributed by atoms with Crippen molar-refractivity contribution in [3.8, 4) is 11.4 Å². The number of nitrogens with zero attached hydrogens (tertiary/aromatic N) is 4. The number of carbonyl (C=O) groups is 1. The zero-order valence-electron chi connectivity index (χ0n) is 19.2. The third-order valence-electron chi connectivity index (χ3n) is 7.90. The average Bonchev–Trinajstić information content (AvgIpc) is 3.62. The minimum atomic E-state index is -4.71. The number of aromatic nitrogens is 2. The van der Waals surface area contributed by atoms with Crippen molar-refractivity contribution in [3.05, 3.63) is 71.1 Å². The number of fused-ring (bicyclic) bond motifs is 2. The molecule has 35 heavy (non-hydrogen) atoms. The highest BCUT2D eigenvalue weighted by Crippen LogP contribution is 2.45. The molecule has 1 amide bonds. The van der Waals surface area contributed by atoms with Crippen molar-refractivity contribution in [1.82, 2.24) is 19.9 Å². The minimum absolute atomic E-state index is 0.0775. The highest BCUT2D eigenvalue weighted by Gasteiger charge is 2.50. The predicted octanol–water partition coefficient (Wildman–Crippen LogP) is 5.33. The molecular formula is C26H25F3N4O2. The van der Waals surface area contributed by atoms with Gasteiger partial charge in [0.2, 0.25) is 5.82 Å². The van der Waals surface area contributed by atoms with Crippen LogP contribution >= 0.6 is 0 Å². The Morgan fingerprint density at radius 2 is 1.89 bits per heavy atom. The second-order valence-corrected chi connectivity index (χ2v) is 9.73. The van der Waals surface area contributed by atoms with Gasteiger partial charge >= 0.3 is 12.1 Å². The Kier molecular flexibility index (Phi) is 5.21. The molecule has 3 heterocycles. The van der Waals surface area contributed by atoms with Crippen molar-refractivity contribution < 1.29 is 22.5 Å². The lowest BCUT2D eigenvalue weighted by Gasteiger charge is -2.38. The number of benzene rings is 2. The zero-order chi connectivity index (χ0) is 24.3. The fourth-order valence-electron chi connectivity index (χ4n) is 6.21. The molecule has 2 aromatic carbocycles. The third kappa shape index (κ3) is 3.73.